The lowest BCUT2D eigenvalue weighted by atomic mass is 10.1. The molecule has 2 N–H and O–H groups in total. The van der Waals surface area contributed by atoms with Gasteiger partial charge in [0.05, 0.1) is 0 Å². The van der Waals surface area contributed by atoms with Crippen molar-refractivity contribution in [1.29, 1.82) is 0 Å². The standard InChI is InChI=1S/C16H19FN2O2/c17-11-3-4-15-14(8-11)16(21)9-12(18-15)10-19-6-1-2-13(19)5-7-20/h3-4,8-9,13,20H,1-2,5-7,10H2,(H,18,21)/t13-/m1/s1. The summed E-state index contributed by atoms with van der Waals surface area (Å²) in [5.74, 6) is -0.400. The van der Waals surface area contributed by atoms with E-state index in [9.17, 15) is 9.18 Å². The molecule has 1 aromatic heterocycles. The molecular formula is C16H19FN2O2. The minimum Gasteiger partial charge on any atom is -0.396 e. The number of nitrogens with zero attached hydrogens (tertiary/aromatic N) is 1. The second-order valence-corrected chi connectivity index (χ2v) is 5.63. The Hall–Kier alpha value is -1.72. The molecule has 1 saturated heterocycles. The molecule has 2 aromatic rings. The molecule has 2 heterocycles. The average molecular weight is 290 g/mol. The fourth-order valence-corrected chi connectivity index (χ4v) is 3.16. The van der Waals surface area contributed by atoms with Gasteiger partial charge in [-0.05, 0) is 44.0 Å². The Kier molecular flexibility index (Phi) is 4.03. The first-order valence-corrected chi connectivity index (χ1v) is 7.34. The molecule has 5 heteroatoms. The number of fused-ring (bicyclic) bond motifs is 1. The number of aromatic amines is 1. The van der Waals surface area contributed by atoms with E-state index in [-0.39, 0.29) is 12.0 Å². The van der Waals surface area contributed by atoms with Crippen molar-refractivity contribution in [1.82, 2.24) is 9.88 Å². The summed E-state index contributed by atoms with van der Waals surface area (Å²) in [6.07, 6.45) is 2.97. The van der Waals surface area contributed by atoms with E-state index in [1.165, 1.54) is 12.1 Å². The number of hydrogen-bond acceptors (Lipinski definition) is 3. The van der Waals surface area contributed by atoms with Crippen molar-refractivity contribution < 1.29 is 9.50 Å². The molecule has 3 rings (SSSR count). The first-order chi connectivity index (χ1) is 10.2. The number of hydrogen-bond donors (Lipinski definition) is 2. The molecule has 112 valence electrons. The van der Waals surface area contributed by atoms with E-state index in [4.69, 9.17) is 5.11 Å². The molecule has 1 fully saturated rings. The molecule has 0 spiro atoms. The highest BCUT2D eigenvalue weighted by atomic mass is 19.1. The second kappa shape index (κ2) is 5.95. The predicted octanol–water partition coefficient (Wildman–Crippen LogP) is 2.01. The van der Waals surface area contributed by atoms with E-state index in [0.29, 0.717) is 23.5 Å². The van der Waals surface area contributed by atoms with E-state index in [2.05, 4.69) is 9.88 Å². The van der Waals surface area contributed by atoms with Crippen molar-refractivity contribution in [3.05, 3.63) is 46.0 Å². The number of nitrogens with one attached hydrogen (secondary N) is 1. The summed E-state index contributed by atoms with van der Waals surface area (Å²) in [4.78, 5) is 17.6. The van der Waals surface area contributed by atoms with Crippen LogP contribution in [0.15, 0.2) is 29.1 Å². The van der Waals surface area contributed by atoms with Crippen LogP contribution < -0.4 is 5.43 Å². The van der Waals surface area contributed by atoms with Gasteiger partial charge in [-0.15, -0.1) is 0 Å². The molecule has 0 aliphatic carbocycles. The largest absolute Gasteiger partial charge is 0.396 e. The average Bonchev–Trinajstić information content (AvgIpc) is 2.88. The molecule has 1 aliphatic heterocycles. The van der Waals surface area contributed by atoms with Crippen LogP contribution in [0.4, 0.5) is 4.39 Å². The van der Waals surface area contributed by atoms with E-state index < -0.39 is 5.82 Å². The minimum atomic E-state index is -0.400. The number of halogens is 1. The van der Waals surface area contributed by atoms with Gasteiger partial charge in [0.15, 0.2) is 5.43 Å². The first kappa shape index (κ1) is 14.2. The first-order valence-electron chi connectivity index (χ1n) is 7.34. The van der Waals surface area contributed by atoms with Crippen LogP contribution in [0.3, 0.4) is 0 Å². The Morgan fingerprint density at radius 2 is 2.24 bits per heavy atom. The summed E-state index contributed by atoms with van der Waals surface area (Å²) in [7, 11) is 0. The van der Waals surface area contributed by atoms with E-state index in [1.807, 2.05) is 0 Å². The highest BCUT2D eigenvalue weighted by molar-refractivity contribution is 5.78. The monoisotopic (exact) mass is 290 g/mol. The molecular weight excluding hydrogens is 271 g/mol. The van der Waals surface area contributed by atoms with Gasteiger partial charge in [0, 0.05) is 41.9 Å². The lowest BCUT2D eigenvalue weighted by molar-refractivity contribution is 0.188. The molecule has 4 nitrogen and oxygen atoms in total. The van der Waals surface area contributed by atoms with Gasteiger partial charge in [0.1, 0.15) is 5.82 Å². The van der Waals surface area contributed by atoms with Crippen molar-refractivity contribution in [2.75, 3.05) is 13.2 Å². The lowest BCUT2D eigenvalue weighted by Crippen LogP contribution is -2.30. The van der Waals surface area contributed by atoms with Crippen LogP contribution in [0, 0.1) is 5.82 Å². The third kappa shape index (κ3) is 2.99. The van der Waals surface area contributed by atoms with Gasteiger partial charge in [-0.3, -0.25) is 9.69 Å². The van der Waals surface area contributed by atoms with Crippen molar-refractivity contribution >= 4 is 10.9 Å². The Morgan fingerprint density at radius 1 is 1.38 bits per heavy atom. The molecule has 1 aromatic carbocycles. The molecule has 0 amide bonds. The zero-order valence-electron chi connectivity index (χ0n) is 11.8. The molecule has 0 bridgehead atoms. The van der Waals surface area contributed by atoms with E-state index in [0.717, 1.165) is 31.5 Å². The van der Waals surface area contributed by atoms with Crippen molar-refractivity contribution in [3.8, 4) is 0 Å². The number of benzene rings is 1. The van der Waals surface area contributed by atoms with Crippen LogP contribution in [0.1, 0.15) is 25.0 Å². The summed E-state index contributed by atoms with van der Waals surface area (Å²) in [5, 5.41) is 9.48. The van der Waals surface area contributed by atoms with Crippen LogP contribution in [0.5, 0.6) is 0 Å². The minimum absolute atomic E-state index is 0.156. The predicted molar refractivity (Wildman–Crippen MR) is 79.7 cm³/mol. The van der Waals surface area contributed by atoms with Crippen LogP contribution in [0.25, 0.3) is 10.9 Å². The molecule has 1 atom stereocenters. The molecule has 0 unspecified atom stereocenters. The third-order valence-corrected chi connectivity index (χ3v) is 4.18. The summed E-state index contributed by atoms with van der Waals surface area (Å²) in [6, 6.07) is 6.15. The van der Waals surface area contributed by atoms with Crippen molar-refractivity contribution in [3.63, 3.8) is 0 Å². The van der Waals surface area contributed by atoms with Gasteiger partial charge in [-0.1, -0.05) is 0 Å². The normalized spacial score (nSPS) is 19.4. The summed E-state index contributed by atoms with van der Waals surface area (Å²) < 4.78 is 13.2. The topological polar surface area (TPSA) is 56.3 Å². The van der Waals surface area contributed by atoms with Gasteiger partial charge in [-0.2, -0.15) is 0 Å². The number of pyridine rings is 1. The second-order valence-electron chi connectivity index (χ2n) is 5.63. The van der Waals surface area contributed by atoms with Gasteiger partial charge in [0.25, 0.3) is 0 Å². The molecule has 1 aliphatic rings. The highest BCUT2D eigenvalue weighted by Crippen LogP contribution is 2.22. The van der Waals surface area contributed by atoms with E-state index >= 15 is 0 Å². The molecule has 0 saturated carbocycles. The number of rotatable bonds is 4. The Morgan fingerprint density at radius 3 is 3.05 bits per heavy atom. The molecule has 21 heavy (non-hydrogen) atoms. The van der Waals surface area contributed by atoms with Crippen LogP contribution >= 0.6 is 0 Å². The Balaban J connectivity index is 1.87. The van der Waals surface area contributed by atoms with Crippen LogP contribution in [-0.2, 0) is 6.54 Å². The summed E-state index contributed by atoms with van der Waals surface area (Å²) in [6.45, 7) is 1.83. The zero-order valence-corrected chi connectivity index (χ0v) is 11.8. The fourth-order valence-electron chi connectivity index (χ4n) is 3.16. The van der Waals surface area contributed by atoms with Crippen molar-refractivity contribution in [2.24, 2.45) is 0 Å². The Bertz CT molecular complexity index is 698. The quantitative estimate of drug-likeness (QED) is 0.905. The smallest absolute Gasteiger partial charge is 0.189 e. The molecule has 0 radical (unpaired) electrons. The van der Waals surface area contributed by atoms with Crippen LogP contribution in [0.2, 0.25) is 0 Å². The Labute approximate surface area is 122 Å². The number of H-pyrrole nitrogens is 1. The highest BCUT2D eigenvalue weighted by Gasteiger charge is 2.24. The maximum absolute atomic E-state index is 13.2. The van der Waals surface area contributed by atoms with Gasteiger partial charge < -0.3 is 10.1 Å². The lowest BCUT2D eigenvalue weighted by Gasteiger charge is -2.23. The number of aliphatic hydroxyl groups excluding tert-OH is 1. The van der Waals surface area contributed by atoms with Crippen molar-refractivity contribution in [2.45, 2.75) is 31.8 Å². The SMILES string of the molecule is O=c1cc(CN2CCC[C@@H]2CCO)[nH]c2ccc(F)cc12. The fraction of sp³-hybridized carbons (Fsp3) is 0.438. The zero-order chi connectivity index (χ0) is 14.8. The third-order valence-electron chi connectivity index (χ3n) is 4.18. The number of likely N-dealkylation sites (tertiary alicyclic amines) is 1. The van der Waals surface area contributed by atoms with E-state index in [1.54, 1.807) is 12.1 Å². The maximum Gasteiger partial charge on any atom is 0.189 e. The van der Waals surface area contributed by atoms with Gasteiger partial charge in [0.2, 0.25) is 0 Å². The number of aromatic nitrogens is 1. The van der Waals surface area contributed by atoms with Gasteiger partial charge >= 0.3 is 0 Å². The summed E-state index contributed by atoms with van der Waals surface area (Å²) in [5.41, 5.74) is 1.34. The maximum atomic E-state index is 13.2. The number of aliphatic hydroxyl groups is 1. The van der Waals surface area contributed by atoms with Crippen LogP contribution in [-0.4, -0.2) is 34.2 Å². The summed E-state index contributed by atoms with van der Waals surface area (Å²) >= 11 is 0. The van der Waals surface area contributed by atoms with Gasteiger partial charge in [-0.25, -0.2) is 4.39 Å².